The zero-order valence-corrected chi connectivity index (χ0v) is 15.1. The molecule has 0 aliphatic carbocycles. The molecule has 1 saturated heterocycles. The van der Waals surface area contributed by atoms with Crippen molar-refractivity contribution in [3.8, 4) is 0 Å². The number of fused-ring (bicyclic) bond motifs is 1. The molecule has 1 amide bonds. The van der Waals surface area contributed by atoms with Gasteiger partial charge in [0.1, 0.15) is 17.6 Å². The van der Waals surface area contributed by atoms with Crippen LogP contribution in [0.25, 0.3) is 0 Å². The highest BCUT2D eigenvalue weighted by Gasteiger charge is 2.31. The lowest BCUT2D eigenvalue weighted by molar-refractivity contribution is -0.122. The van der Waals surface area contributed by atoms with E-state index in [1.807, 2.05) is 19.1 Å². The fourth-order valence-corrected chi connectivity index (χ4v) is 3.80. The van der Waals surface area contributed by atoms with Crippen LogP contribution < -0.4 is 21.1 Å². The topological polar surface area (TPSA) is 69.5 Å². The van der Waals surface area contributed by atoms with Gasteiger partial charge in [-0.3, -0.25) is 4.79 Å². The maximum Gasteiger partial charge on any atom is 0.238 e. The highest BCUT2D eigenvalue weighted by molar-refractivity contribution is 5.82. The number of hydrogen-bond acceptors (Lipinski definition) is 5. The van der Waals surface area contributed by atoms with E-state index in [-0.39, 0.29) is 18.0 Å². The number of hydrazine groups is 1. The first kappa shape index (κ1) is 17.1. The molecule has 0 saturated carbocycles. The van der Waals surface area contributed by atoms with Gasteiger partial charge in [-0.05, 0) is 49.9 Å². The standard InChI is InChI=1S/C20H26N4O2/c1-14-7-8-19(26-14)16-13-17(23-22-16)20(25)21-10-4-11-24-12-9-15-5-2-3-6-18(15)24/h2-3,5-8,16-17,22-23H,4,9-13H2,1H3,(H,21,25). The first-order valence-corrected chi connectivity index (χ1v) is 9.38. The van der Waals surface area contributed by atoms with Crippen LogP contribution in [0.15, 0.2) is 40.8 Å². The molecule has 4 rings (SSSR count). The Balaban J connectivity index is 1.19. The van der Waals surface area contributed by atoms with Crippen LogP contribution in [0.3, 0.4) is 0 Å². The van der Waals surface area contributed by atoms with E-state index in [0.717, 1.165) is 37.5 Å². The monoisotopic (exact) mass is 354 g/mol. The number of hydrogen-bond donors (Lipinski definition) is 3. The van der Waals surface area contributed by atoms with Crippen molar-refractivity contribution in [2.24, 2.45) is 0 Å². The van der Waals surface area contributed by atoms with Gasteiger partial charge < -0.3 is 14.6 Å². The highest BCUT2D eigenvalue weighted by atomic mass is 16.3. The molecule has 2 aliphatic rings. The molecule has 0 spiro atoms. The van der Waals surface area contributed by atoms with E-state index in [2.05, 4.69) is 45.3 Å². The van der Waals surface area contributed by atoms with Crippen molar-refractivity contribution in [2.75, 3.05) is 24.5 Å². The summed E-state index contributed by atoms with van der Waals surface area (Å²) >= 11 is 0. The van der Waals surface area contributed by atoms with Gasteiger partial charge in [0.25, 0.3) is 0 Å². The molecule has 138 valence electrons. The summed E-state index contributed by atoms with van der Waals surface area (Å²) in [6.45, 7) is 4.67. The Labute approximate surface area is 153 Å². The van der Waals surface area contributed by atoms with Crippen LogP contribution in [-0.4, -0.2) is 31.6 Å². The first-order valence-electron chi connectivity index (χ1n) is 9.38. The van der Waals surface area contributed by atoms with Gasteiger partial charge in [0.2, 0.25) is 5.91 Å². The molecule has 3 N–H and O–H groups in total. The van der Waals surface area contributed by atoms with Crippen molar-refractivity contribution < 1.29 is 9.21 Å². The molecule has 2 aliphatic heterocycles. The van der Waals surface area contributed by atoms with Crippen molar-refractivity contribution in [1.82, 2.24) is 16.2 Å². The summed E-state index contributed by atoms with van der Waals surface area (Å²) in [7, 11) is 0. The second kappa shape index (κ2) is 7.51. The number of rotatable bonds is 6. The predicted octanol–water partition coefficient (Wildman–Crippen LogP) is 2.06. The molecule has 1 aromatic heterocycles. The molecular formula is C20H26N4O2. The molecule has 6 nitrogen and oxygen atoms in total. The third-order valence-corrected chi connectivity index (χ3v) is 5.21. The number of anilines is 1. The van der Waals surface area contributed by atoms with Crippen molar-refractivity contribution in [3.63, 3.8) is 0 Å². The minimum Gasteiger partial charge on any atom is -0.465 e. The number of benzene rings is 1. The molecule has 0 radical (unpaired) electrons. The number of furan rings is 1. The Morgan fingerprint density at radius 1 is 1.27 bits per heavy atom. The number of amides is 1. The van der Waals surface area contributed by atoms with E-state index >= 15 is 0 Å². The lowest BCUT2D eigenvalue weighted by Gasteiger charge is -2.19. The Morgan fingerprint density at radius 3 is 3.00 bits per heavy atom. The SMILES string of the molecule is Cc1ccc(C2CC(C(=O)NCCCN3CCc4ccccc43)NN2)o1. The molecule has 26 heavy (non-hydrogen) atoms. The van der Waals surface area contributed by atoms with Crippen LogP contribution in [0.2, 0.25) is 0 Å². The normalized spacial score (nSPS) is 21.8. The second-order valence-electron chi connectivity index (χ2n) is 7.09. The van der Waals surface area contributed by atoms with Crippen LogP contribution in [0.1, 0.15) is 36.0 Å². The van der Waals surface area contributed by atoms with Crippen LogP contribution in [0.5, 0.6) is 0 Å². The van der Waals surface area contributed by atoms with Crippen molar-refractivity contribution in [3.05, 3.63) is 53.5 Å². The van der Waals surface area contributed by atoms with Gasteiger partial charge in [-0.25, -0.2) is 10.9 Å². The van der Waals surface area contributed by atoms with E-state index in [0.29, 0.717) is 13.0 Å². The minimum absolute atomic E-state index is 0.0422. The van der Waals surface area contributed by atoms with Crippen LogP contribution in [0, 0.1) is 6.92 Å². The van der Waals surface area contributed by atoms with Crippen LogP contribution in [-0.2, 0) is 11.2 Å². The third-order valence-electron chi connectivity index (χ3n) is 5.21. The van der Waals surface area contributed by atoms with Crippen LogP contribution in [0.4, 0.5) is 5.69 Å². The third kappa shape index (κ3) is 3.61. The zero-order chi connectivity index (χ0) is 17.9. The fraction of sp³-hybridized carbons (Fsp3) is 0.450. The molecular weight excluding hydrogens is 328 g/mol. The van der Waals surface area contributed by atoms with Gasteiger partial charge in [-0.15, -0.1) is 0 Å². The summed E-state index contributed by atoms with van der Waals surface area (Å²) in [5.74, 6) is 1.81. The number of carbonyl (C=O) groups is 1. The molecule has 2 atom stereocenters. The quantitative estimate of drug-likeness (QED) is 0.693. The number of nitrogens with zero attached hydrogens (tertiary/aromatic N) is 1. The number of aryl methyl sites for hydroxylation is 1. The van der Waals surface area contributed by atoms with Crippen molar-refractivity contribution in [1.29, 1.82) is 0 Å². The van der Waals surface area contributed by atoms with Gasteiger partial charge in [0.05, 0.1) is 6.04 Å². The zero-order valence-electron chi connectivity index (χ0n) is 15.1. The Morgan fingerprint density at radius 2 is 2.15 bits per heavy atom. The molecule has 3 heterocycles. The molecule has 1 fully saturated rings. The molecule has 2 aromatic rings. The van der Waals surface area contributed by atoms with E-state index in [9.17, 15) is 4.79 Å². The molecule has 2 unspecified atom stereocenters. The maximum absolute atomic E-state index is 12.4. The molecule has 6 heteroatoms. The number of nitrogens with one attached hydrogen (secondary N) is 3. The lowest BCUT2D eigenvalue weighted by atomic mass is 10.1. The second-order valence-corrected chi connectivity index (χ2v) is 7.09. The Kier molecular flexibility index (Phi) is 4.95. The summed E-state index contributed by atoms with van der Waals surface area (Å²) < 4.78 is 5.64. The smallest absolute Gasteiger partial charge is 0.238 e. The number of para-hydroxylation sites is 1. The minimum atomic E-state index is -0.224. The lowest BCUT2D eigenvalue weighted by Crippen LogP contribution is -2.43. The van der Waals surface area contributed by atoms with E-state index in [4.69, 9.17) is 4.42 Å². The Bertz CT molecular complexity index is 773. The fourth-order valence-electron chi connectivity index (χ4n) is 3.80. The van der Waals surface area contributed by atoms with Gasteiger partial charge in [0, 0.05) is 25.3 Å². The van der Waals surface area contributed by atoms with Gasteiger partial charge in [0.15, 0.2) is 0 Å². The van der Waals surface area contributed by atoms with Gasteiger partial charge in [-0.1, -0.05) is 18.2 Å². The summed E-state index contributed by atoms with van der Waals surface area (Å²) in [5, 5.41) is 3.05. The number of carbonyl (C=O) groups excluding carboxylic acids is 1. The van der Waals surface area contributed by atoms with E-state index in [1.165, 1.54) is 11.3 Å². The van der Waals surface area contributed by atoms with Crippen LogP contribution >= 0.6 is 0 Å². The average molecular weight is 354 g/mol. The van der Waals surface area contributed by atoms with Crippen molar-refractivity contribution in [2.45, 2.75) is 38.3 Å². The predicted molar refractivity (Wildman–Crippen MR) is 101 cm³/mol. The summed E-state index contributed by atoms with van der Waals surface area (Å²) in [6.07, 6.45) is 2.76. The molecule has 0 bridgehead atoms. The Hall–Kier alpha value is -2.31. The summed E-state index contributed by atoms with van der Waals surface area (Å²) in [6, 6.07) is 12.3. The molecule has 1 aromatic carbocycles. The van der Waals surface area contributed by atoms with E-state index in [1.54, 1.807) is 0 Å². The summed E-state index contributed by atoms with van der Waals surface area (Å²) in [4.78, 5) is 14.8. The average Bonchev–Trinajstić information content (AvgIpc) is 3.38. The van der Waals surface area contributed by atoms with Gasteiger partial charge in [-0.2, -0.15) is 0 Å². The largest absolute Gasteiger partial charge is 0.465 e. The first-order chi connectivity index (χ1) is 12.7. The summed E-state index contributed by atoms with van der Waals surface area (Å²) in [5.41, 5.74) is 9.00. The highest BCUT2D eigenvalue weighted by Crippen LogP contribution is 2.27. The van der Waals surface area contributed by atoms with Gasteiger partial charge >= 0.3 is 0 Å². The van der Waals surface area contributed by atoms with E-state index < -0.39 is 0 Å². The maximum atomic E-state index is 12.4. The van der Waals surface area contributed by atoms with Crippen molar-refractivity contribution >= 4 is 11.6 Å².